The largest absolute Gasteiger partial charge is 0.445 e. The highest BCUT2D eigenvalue weighted by Gasteiger charge is 2.50. The molecule has 2 heterocycles. The summed E-state index contributed by atoms with van der Waals surface area (Å²) < 4.78 is 5.56. The van der Waals surface area contributed by atoms with E-state index in [1.165, 1.54) is 5.56 Å². The lowest BCUT2D eigenvalue weighted by molar-refractivity contribution is -0.0536. The lowest BCUT2D eigenvalue weighted by Gasteiger charge is -2.43. The van der Waals surface area contributed by atoms with Crippen LogP contribution in [0.1, 0.15) is 49.3 Å². The average Bonchev–Trinajstić information content (AvgIpc) is 2.99. The molecule has 4 heteroatoms. The number of ether oxygens (including phenoxy) is 1. The lowest BCUT2D eigenvalue weighted by Crippen LogP contribution is -2.52. The predicted molar refractivity (Wildman–Crippen MR) is 104 cm³/mol. The fourth-order valence-electron chi connectivity index (χ4n) is 4.60. The third kappa shape index (κ3) is 3.59. The Balaban J connectivity index is 1.44. The Morgan fingerprint density at radius 3 is 2.26 bits per heavy atom. The molecule has 2 bridgehead atoms. The Morgan fingerprint density at radius 1 is 1.04 bits per heavy atom. The summed E-state index contributed by atoms with van der Waals surface area (Å²) in [4.78, 5) is 14.6. The zero-order valence-electron chi connectivity index (χ0n) is 15.8. The number of hydrogen-bond acceptors (Lipinski definition) is 3. The fraction of sp³-hybridized carbons (Fsp3) is 0.435. The molecule has 0 spiro atoms. The van der Waals surface area contributed by atoms with Crippen LogP contribution >= 0.6 is 0 Å². The van der Waals surface area contributed by atoms with Crippen molar-refractivity contribution in [2.45, 2.75) is 63.3 Å². The van der Waals surface area contributed by atoms with Crippen molar-refractivity contribution in [3.05, 3.63) is 71.3 Å². The van der Waals surface area contributed by atoms with Gasteiger partial charge in [0, 0.05) is 24.9 Å². The quantitative estimate of drug-likeness (QED) is 0.874. The molecule has 2 aromatic rings. The van der Waals surface area contributed by atoms with Crippen molar-refractivity contribution < 1.29 is 14.6 Å². The summed E-state index contributed by atoms with van der Waals surface area (Å²) in [5.74, 6) is 0. The van der Waals surface area contributed by atoms with Crippen LogP contribution in [0, 0.1) is 0 Å². The topological polar surface area (TPSA) is 49.8 Å². The van der Waals surface area contributed by atoms with E-state index >= 15 is 0 Å². The summed E-state index contributed by atoms with van der Waals surface area (Å²) in [6.45, 7) is 2.42. The van der Waals surface area contributed by atoms with E-state index in [1.807, 2.05) is 47.4 Å². The van der Waals surface area contributed by atoms with Crippen molar-refractivity contribution in [2.24, 2.45) is 0 Å². The number of benzene rings is 2. The summed E-state index contributed by atoms with van der Waals surface area (Å²) >= 11 is 0. The first-order valence-corrected chi connectivity index (χ1v) is 9.90. The van der Waals surface area contributed by atoms with Gasteiger partial charge in [0.1, 0.15) is 6.61 Å². The van der Waals surface area contributed by atoms with Gasteiger partial charge in [0.05, 0.1) is 5.60 Å². The highest BCUT2D eigenvalue weighted by Crippen LogP contribution is 2.46. The number of rotatable bonds is 4. The summed E-state index contributed by atoms with van der Waals surface area (Å²) in [7, 11) is 0. The Kier molecular flexibility index (Phi) is 4.92. The van der Waals surface area contributed by atoms with E-state index in [9.17, 15) is 9.90 Å². The van der Waals surface area contributed by atoms with Crippen LogP contribution in [0.3, 0.4) is 0 Å². The summed E-state index contributed by atoms with van der Waals surface area (Å²) in [5.41, 5.74) is 2.37. The third-order valence-electron chi connectivity index (χ3n) is 6.08. The van der Waals surface area contributed by atoms with Crippen molar-refractivity contribution in [1.82, 2.24) is 4.90 Å². The molecule has 2 saturated heterocycles. The zero-order chi connectivity index (χ0) is 18.9. The number of aliphatic hydroxyl groups is 1. The van der Waals surface area contributed by atoms with Crippen LogP contribution < -0.4 is 0 Å². The van der Waals surface area contributed by atoms with Crippen LogP contribution in [0.4, 0.5) is 4.79 Å². The van der Waals surface area contributed by atoms with Crippen LogP contribution in [0.5, 0.6) is 0 Å². The predicted octanol–water partition coefficient (Wildman–Crippen LogP) is 4.40. The highest BCUT2D eigenvalue weighted by atomic mass is 16.6. The highest BCUT2D eigenvalue weighted by molar-refractivity contribution is 5.69. The number of carbonyl (C=O) groups excluding carboxylic acids is 1. The van der Waals surface area contributed by atoms with Gasteiger partial charge in [0.15, 0.2) is 0 Å². The number of nitrogens with zero attached hydrogens (tertiary/aromatic N) is 1. The molecule has 2 unspecified atom stereocenters. The van der Waals surface area contributed by atoms with Gasteiger partial charge >= 0.3 is 6.09 Å². The van der Waals surface area contributed by atoms with Crippen molar-refractivity contribution in [3.8, 4) is 0 Å². The van der Waals surface area contributed by atoms with Gasteiger partial charge in [-0.2, -0.15) is 0 Å². The standard InChI is InChI=1S/C23H27NO3/c1-2-17-8-10-19(11-9-17)23(26)14-20-12-13-21(15-23)24(20)22(25)27-16-18-6-4-3-5-7-18/h3-11,20-21,26H,2,12-16H2,1H3. The van der Waals surface area contributed by atoms with Crippen LogP contribution in [-0.2, 0) is 23.4 Å². The van der Waals surface area contributed by atoms with E-state index < -0.39 is 5.60 Å². The number of aryl methyl sites for hydroxylation is 1. The maximum atomic E-state index is 12.7. The van der Waals surface area contributed by atoms with Crippen LogP contribution in [0.15, 0.2) is 54.6 Å². The normalized spacial score (nSPS) is 26.8. The molecule has 0 aromatic heterocycles. The number of amides is 1. The van der Waals surface area contributed by atoms with Gasteiger partial charge in [-0.1, -0.05) is 61.5 Å². The molecule has 2 aromatic carbocycles. The van der Waals surface area contributed by atoms with E-state index in [-0.39, 0.29) is 18.2 Å². The first-order chi connectivity index (χ1) is 13.1. The van der Waals surface area contributed by atoms with Gasteiger partial charge < -0.3 is 14.7 Å². The van der Waals surface area contributed by atoms with Gasteiger partial charge in [-0.05, 0) is 36.0 Å². The van der Waals surface area contributed by atoms with Crippen LogP contribution in [-0.4, -0.2) is 28.2 Å². The molecule has 2 fully saturated rings. The van der Waals surface area contributed by atoms with Crippen molar-refractivity contribution in [3.63, 3.8) is 0 Å². The van der Waals surface area contributed by atoms with E-state index in [2.05, 4.69) is 19.1 Å². The van der Waals surface area contributed by atoms with Crippen molar-refractivity contribution >= 4 is 6.09 Å². The minimum Gasteiger partial charge on any atom is -0.445 e. The minimum atomic E-state index is -0.853. The number of fused-ring (bicyclic) bond motifs is 2. The van der Waals surface area contributed by atoms with Gasteiger partial charge in [0.25, 0.3) is 0 Å². The number of hydrogen-bond donors (Lipinski definition) is 1. The monoisotopic (exact) mass is 365 g/mol. The fourth-order valence-corrected chi connectivity index (χ4v) is 4.60. The molecule has 0 aliphatic carbocycles. The average molecular weight is 365 g/mol. The van der Waals surface area contributed by atoms with Gasteiger partial charge in [-0.25, -0.2) is 4.79 Å². The Bertz CT molecular complexity index is 773. The van der Waals surface area contributed by atoms with Crippen LogP contribution in [0.25, 0.3) is 0 Å². The van der Waals surface area contributed by atoms with E-state index in [0.29, 0.717) is 19.4 Å². The van der Waals surface area contributed by atoms with E-state index in [0.717, 1.165) is 30.4 Å². The smallest absolute Gasteiger partial charge is 0.410 e. The second-order valence-corrected chi connectivity index (χ2v) is 7.82. The first-order valence-electron chi connectivity index (χ1n) is 9.90. The van der Waals surface area contributed by atoms with Gasteiger partial charge in [-0.15, -0.1) is 0 Å². The molecule has 4 nitrogen and oxygen atoms in total. The first kappa shape index (κ1) is 18.1. The number of carbonyl (C=O) groups is 1. The van der Waals surface area contributed by atoms with Crippen LogP contribution in [0.2, 0.25) is 0 Å². The molecule has 2 atom stereocenters. The van der Waals surface area contributed by atoms with Crippen molar-refractivity contribution in [1.29, 1.82) is 0 Å². The minimum absolute atomic E-state index is 0.0443. The third-order valence-corrected chi connectivity index (χ3v) is 6.08. The summed E-state index contributed by atoms with van der Waals surface area (Å²) in [5, 5.41) is 11.3. The SMILES string of the molecule is CCc1ccc(C2(O)CC3CCC(C2)N3C(=O)OCc2ccccc2)cc1. The molecule has 0 radical (unpaired) electrons. The Hall–Kier alpha value is -2.33. The maximum Gasteiger partial charge on any atom is 0.410 e. The second-order valence-electron chi connectivity index (χ2n) is 7.82. The summed E-state index contributed by atoms with van der Waals surface area (Å²) in [6.07, 6.45) is 3.76. The molecule has 2 aliphatic heterocycles. The number of piperidine rings is 1. The van der Waals surface area contributed by atoms with Crippen molar-refractivity contribution in [2.75, 3.05) is 0 Å². The zero-order valence-corrected chi connectivity index (χ0v) is 15.8. The molecular formula is C23H27NO3. The molecule has 27 heavy (non-hydrogen) atoms. The molecular weight excluding hydrogens is 338 g/mol. The molecule has 2 aliphatic rings. The van der Waals surface area contributed by atoms with E-state index in [1.54, 1.807) is 0 Å². The van der Waals surface area contributed by atoms with E-state index in [4.69, 9.17) is 4.74 Å². The molecule has 1 amide bonds. The second kappa shape index (κ2) is 7.35. The Morgan fingerprint density at radius 2 is 1.67 bits per heavy atom. The van der Waals surface area contributed by atoms with Gasteiger partial charge in [-0.3, -0.25) is 0 Å². The lowest BCUT2D eigenvalue weighted by atomic mass is 9.80. The maximum absolute atomic E-state index is 12.7. The molecule has 4 rings (SSSR count). The molecule has 1 N–H and O–H groups in total. The summed E-state index contributed by atoms with van der Waals surface area (Å²) in [6, 6.07) is 18.1. The molecule has 0 saturated carbocycles. The molecule has 142 valence electrons. The Labute approximate surface area is 160 Å². The van der Waals surface area contributed by atoms with Gasteiger partial charge in [0.2, 0.25) is 0 Å².